The van der Waals surface area contributed by atoms with Crippen molar-refractivity contribution < 1.29 is 0 Å². The topological polar surface area (TPSA) is 49.6 Å². The maximum absolute atomic E-state index is 9.49. The van der Waals surface area contributed by atoms with Crippen molar-refractivity contribution in [1.29, 1.82) is 5.26 Å². The van der Waals surface area contributed by atoms with E-state index in [1.54, 1.807) is 0 Å². The summed E-state index contributed by atoms with van der Waals surface area (Å²) in [6.45, 7) is 0. The van der Waals surface area contributed by atoms with E-state index in [9.17, 15) is 5.26 Å². The molecule has 0 fully saturated rings. The van der Waals surface area contributed by atoms with Crippen LogP contribution in [0.3, 0.4) is 0 Å². The molecule has 99 valence electrons. The molecule has 1 radical (unpaired) electrons. The van der Waals surface area contributed by atoms with E-state index in [2.05, 4.69) is 32.3 Å². The van der Waals surface area contributed by atoms with E-state index in [-0.39, 0.29) is 0 Å². The summed E-state index contributed by atoms with van der Waals surface area (Å²) in [5, 5.41) is 17.9. The van der Waals surface area contributed by atoms with Crippen LogP contribution in [0.5, 0.6) is 0 Å². The average molecular weight is 335 g/mol. The third-order valence-electron chi connectivity index (χ3n) is 3.16. The molecule has 1 aromatic heterocycles. The Balaban J connectivity index is 2.35. The molecule has 3 nitrogen and oxygen atoms in total. The van der Waals surface area contributed by atoms with Crippen LogP contribution in [-0.2, 0) is 0 Å². The fraction of sp³-hybridized carbons (Fsp3) is 0. The summed E-state index contributed by atoms with van der Waals surface area (Å²) in [5.74, 6) is 0. The Labute approximate surface area is 131 Å². The van der Waals surface area contributed by atoms with E-state index in [4.69, 9.17) is 0 Å². The van der Waals surface area contributed by atoms with Crippen LogP contribution in [-0.4, -0.2) is 26.2 Å². The predicted octanol–water partition coefficient (Wildman–Crippen LogP) is 2.48. The maximum atomic E-state index is 9.49. The zero-order chi connectivity index (χ0) is 14.7. The number of nitriles is 1. The van der Waals surface area contributed by atoms with Crippen LogP contribution in [0.2, 0.25) is 0 Å². The Morgan fingerprint density at radius 1 is 0.810 bits per heavy atom. The van der Waals surface area contributed by atoms with Crippen molar-refractivity contribution in [2.24, 2.45) is 0 Å². The second kappa shape index (κ2) is 5.88. The molecule has 0 unspecified atom stereocenters. The van der Waals surface area contributed by atoms with Gasteiger partial charge in [0.25, 0.3) is 0 Å². The monoisotopic (exact) mass is 336 g/mol. The number of rotatable bonds is 2. The van der Waals surface area contributed by atoms with E-state index in [0.717, 1.165) is 22.4 Å². The minimum atomic E-state index is 0.523. The summed E-state index contributed by atoms with van der Waals surface area (Å²) in [5.41, 5.74) is 3.96. The van der Waals surface area contributed by atoms with Gasteiger partial charge in [0.2, 0.25) is 0 Å². The van der Waals surface area contributed by atoms with Crippen molar-refractivity contribution in [1.82, 2.24) is 10.2 Å². The third-order valence-corrected chi connectivity index (χ3v) is 3.76. The van der Waals surface area contributed by atoms with Crippen molar-refractivity contribution in [3.8, 4) is 28.5 Å². The van der Waals surface area contributed by atoms with Gasteiger partial charge < -0.3 is 0 Å². The van der Waals surface area contributed by atoms with Gasteiger partial charge in [0.1, 0.15) is 0 Å². The second-order valence-corrected chi connectivity index (χ2v) is 5.26. The molecule has 1 heterocycles. The molecule has 3 aromatic rings. The Morgan fingerprint density at radius 3 is 1.95 bits per heavy atom. The summed E-state index contributed by atoms with van der Waals surface area (Å²) in [6.07, 6.45) is 0. The SMILES string of the molecule is N#Cc1c([Se])nnc(-c2ccccc2)c1-c1ccccc1. The molecule has 0 atom stereocenters. The van der Waals surface area contributed by atoms with E-state index in [1.807, 2.05) is 60.7 Å². The first kappa shape index (κ1) is 13.5. The fourth-order valence-corrected chi connectivity index (χ4v) is 2.60. The summed E-state index contributed by atoms with van der Waals surface area (Å²) in [4.78, 5) is 0. The summed E-state index contributed by atoms with van der Waals surface area (Å²) in [6, 6.07) is 21.8. The van der Waals surface area contributed by atoms with Gasteiger partial charge in [-0.3, -0.25) is 0 Å². The molecule has 0 spiro atoms. The molecule has 0 aliphatic heterocycles. The predicted molar refractivity (Wildman–Crippen MR) is 83.0 cm³/mol. The average Bonchev–Trinajstić information content (AvgIpc) is 2.56. The van der Waals surface area contributed by atoms with E-state index in [1.165, 1.54) is 0 Å². The van der Waals surface area contributed by atoms with Gasteiger partial charge in [-0.15, -0.1) is 0 Å². The molecule has 2 aromatic carbocycles. The number of aromatic nitrogens is 2. The molecular formula is C17H10N3Se. The molecule has 21 heavy (non-hydrogen) atoms. The van der Waals surface area contributed by atoms with Crippen molar-refractivity contribution >= 4 is 20.6 Å². The Morgan fingerprint density at radius 2 is 1.38 bits per heavy atom. The zero-order valence-corrected chi connectivity index (χ0v) is 12.7. The summed E-state index contributed by atoms with van der Waals surface area (Å²) < 4.78 is 0.524. The van der Waals surface area contributed by atoms with Gasteiger partial charge in [0.05, 0.1) is 0 Å². The van der Waals surface area contributed by atoms with E-state index in [0.29, 0.717) is 10.2 Å². The van der Waals surface area contributed by atoms with Gasteiger partial charge in [0.15, 0.2) is 0 Å². The van der Waals surface area contributed by atoms with Gasteiger partial charge in [0, 0.05) is 0 Å². The van der Waals surface area contributed by atoms with E-state index < -0.39 is 0 Å². The van der Waals surface area contributed by atoms with Crippen LogP contribution in [0.1, 0.15) is 5.56 Å². The van der Waals surface area contributed by atoms with Gasteiger partial charge in [-0.2, -0.15) is 0 Å². The molecule has 0 bridgehead atoms. The molecule has 0 aliphatic carbocycles. The molecule has 0 aliphatic rings. The molecule has 0 saturated carbocycles. The van der Waals surface area contributed by atoms with Gasteiger partial charge >= 0.3 is 131 Å². The third kappa shape index (κ3) is 2.57. The van der Waals surface area contributed by atoms with Gasteiger partial charge in [-0.05, 0) is 0 Å². The van der Waals surface area contributed by atoms with Gasteiger partial charge in [-0.1, -0.05) is 0 Å². The Kier molecular flexibility index (Phi) is 3.79. The first-order valence-electron chi connectivity index (χ1n) is 6.40. The van der Waals surface area contributed by atoms with Crippen LogP contribution in [0.4, 0.5) is 0 Å². The number of hydrogen-bond donors (Lipinski definition) is 0. The quantitative estimate of drug-likeness (QED) is 0.676. The Bertz CT molecular complexity index is 809. The normalized spacial score (nSPS) is 10.0. The van der Waals surface area contributed by atoms with E-state index >= 15 is 0 Å². The van der Waals surface area contributed by atoms with Crippen molar-refractivity contribution in [2.75, 3.05) is 0 Å². The van der Waals surface area contributed by atoms with Gasteiger partial charge in [-0.25, -0.2) is 0 Å². The van der Waals surface area contributed by atoms with Crippen molar-refractivity contribution in [3.63, 3.8) is 0 Å². The van der Waals surface area contributed by atoms with Crippen LogP contribution in [0, 0.1) is 11.3 Å². The van der Waals surface area contributed by atoms with Crippen LogP contribution >= 0.6 is 0 Å². The molecule has 4 heteroatoms. The Hall–Kier alpha value is -2.47. The standard InChI is InChI=1S/C17H10N3Se/c18-11-14-15(12-7-3-1-4-8-12)16(19-20-17(14)21)13-9-5-2-6-10-13/h1-10H. The zero-order valence-electron chi connectivity index (χ0n) is 11.0. The summed E-state index contributed by atoms with van der Waals surface area (Å²) in [7, 11) is 0. The molecular weight excluding hydrogens is 325 g/mol. The molecule has 0 saturated heterocycles. The van der Waals surface area contributed by atoms with Crippen molar-refractivity contribution in [3.05, 3.63) is 66.2 Å². The first-order chi connectivity index (χ1) is 10.3. The van der Waals surface area contributed by atoms with Crippen LogP contribution < -0.4 is 4.59 Å². The fourth-order valence-electron chi connectivity index (χ4n) is 2.21. The van der Waals surface area contributed by atoms with Crippen molar-refractivity contribution in [2.45, 2.75) is 0 Å². The number of nitrogens with zero attached hydrogens (tertiary/aromatic N) is 3. The second-order valence-electron chi connectivity index (χ2n) is 4.45. The number of benzene rings is 2. The summed E-state index contributed by atoms with van der Waals surface area (Å²) >= 11 is 2.81. The molecule has 0 amide bonds. The van der Waals surface area contributed by atoms with Crippen LogP contribution in [0.25, 0.3) is 22.4 Å². The minimum absolute atomic E-state index is 0.523. The molecule has 0 N–H and O–H groups in total. The first-order valence-corrected chi connectivity index (χ1v) is 7.25. The molecule has 3 rings (SSSR count). The van der Waals surface area contributed by atoms with Crippen LogP contribution in [0.15, 0.2) is 60.7 Å². The number of hydrogen-bond acceptors (Lipinski definition) is 3.